The molecule has 2 rings (SSSR count). The zero-order chi connectivity index (χ0) is 15.1. The molecule has 10 nitrogen and oxygen atoms in total. The number of hydrogen-bond donors (Lipinski definition) is 4. The van der Waals surface area contributed by atoms with Crippen molar-refractivity contribution in [2.24, 2.45) is 11.8 Å². The molecule has 21 heavy (non-hydrogen) atoms. The number of aliphatic hydroxyl groups is 1. The second-order valence-electron chi connectivity index (χ2n) is 4.62. The SMILES string of the molecule is CC(CO)CCCNc1nc(NN)nc(-n2cncn2)n1. The molecule has 1 atom stereocenters. The van der Waals surface area contributed by atoms with Crippen molar-refractivity contribution in [3.63, 3.8) is 0 Å². The summed E-state index contributed by atoms with van der Waals surface area (Å²) in [5, 5.41) is 16.0. The zero-order valence-electron chi connectivity index (χ0n) is 11.8. The molecule has 0 amide bonds. The van der Waals surface area contributed by atoms with E-state index in [2.05, 4.69) is 35.8 Å². The van der Waals surface area contributed by atoms with E-state index in [-0.39, 0.29) is 18.5 Å². The number of anilines is 2. The van der Waals surface area contributed by atoms with Crippen LogP contribution in [0.2, 0.25) is 0 Å². The molecule has 10 heteroatoms. The van der Waals surface area contributed by atoms with Gasteiger partial charge in [0.05, 0.1) is 0 Å². The van der Waals surface area contributed by atoms with E-state index < -0.39 is 0 Å². The van der Waals surface area contributed by atoms with Gasteiger partial charge in [-0.05, 0) is 18.8 Å². The highest BCUT2D eigenvalue weighted by molar-refractivity contribution is 5.36. The number of nitrogens with one attached hydrogen (secondary N) is 2. The molecule has 0 radical (unpaired) electrons. The highest BCUT2D eigenvalue weighted by atomic mass is 16.3. The molecule has 0 spiro atoms. The molecule has 5 N–H and O–H groups in total. The minimum absolute atomic E-state index is 0.198. The molecule has 0 aliphatic carbocycles. The second kappa shape index (κ2) is 7.45. The van der Waals surface area contributed by atoms with Gasteiger partial charge in [0, 0.05) is 13.2 Å². The van der Waals surface area contributed by atoms with E-state index in [1.165, 1.54) is 17.3 Å². The number of hydrazine groups is 1. The first kappa shape index (κ1) is 15.1. The molecular formula is C11H19N9O. The van der Waals surface area contributed by atoms with E-state index in [1.807, 2.05) is 6.92 Å². The van der Waals surface area contributed by atoms with Crippen LogP contribution in [0.5, 0.6) is 0 Å². The van der Waals surface area contributed by atoms with Crippen LogP contribution in [0.15, 0.2) is 12.7 Å². The fraction of sp³-hybridized carbons (Fsp3) is 0.545. The standard InChI is InChI=1S/C11H19N9O/c1-8(5-21)3-2-4-14-9-16-10(19-12)18-11(17-9)20-7-13-6-15-20/h6-8,21H,2-5,12H2,1H3,(H2,14,16,17,18,19). The minimum Gasteiger partial charge on any atom is -0.396 e. The van der Waals surface area contributed by atoms with Crippen molar-refractivity contribution in [3.05, 3.63) is 12.7 Å². The molecule has 2 aromatic heterocycles. The normalized spacial score (nSPS) is 12.1. The Labute approximate surface area is 121 Å². The molecule has 0 saturated heterocycles. The Morgan fingerprint density at radius 1 is 1.33 bits per heavy atom. The lowest BCUT2D eigenvalue weighted by atomic mass is 10.1. The van der Waals surface area contributed by atoms with Crippen LogP contribution < -0.4 is 16.6 Å². The van der Waals surface area contributed by atoms with Crippen LogP contribution in [-0.2, 0) is 0 Å². The van der Waals surface area contributed by atoms with E-state index in [0.29, 0.717) is 18.4 Å². The lowest BCUT2D eigenvalue weighted by Gasteiger charge is -2.09. The lowest BCUT2D eigenvalue weighted by Crippen LogP contribution is -2.16. The van der Waals surface area contributed by atoms with Gasteiger partial charge in [-0.2, -0.15) is 24.7 Å². The summed E-state index contributed by atoms with van der Waals surface area (Å²) < 4.78 is 1.42. The summed E-state index contributed by atoms with van der Waals surface area (Å²) >= 11 is 0. The summed E-state index contributed by atoms with van der Waals surface area (Å²) in [4.78, 5) is 16.3. The van der Waals surface area contributed by atoms with E-state index in [1.54, 1.807) is 0 Å². The second-order valence-corrected chi connectivity index (χ2v) is 4.62. The molecule has 0 aliphatic heterocycles. The molecule has 0 aliphatic rings. The highest BCUT2D eigenvalue weighted by Crippen LogP contribution is 2.09. The fourth-order valence-corrected chi connectivity index (χ4v) is 1.66. The van der Waals surface area contributed by atoms with Gasteiger partial charge in [-0.15, -0.1) is 0 Å². The third-order valence-corrected chi connectivity index (χ3v) is 2.84. The van der Waals surface area contributed by atoms with E-state index in [4.69, 9.17) is 10.9 Å². The van der Waals surface area contributed by atoms with Crippen molar-refractivity contribution < 1.29 is 5.11 Å². The Balaban J connectivity index is 2.00. The van der Waals surface area contributed by atoms with Gasteiger partial charge in [0.1, 0.15) is 12.7 Å². The summed E-state index contributed by atoms with van der Waals surface area (Å²) in [6.07, 6.45) is 4.70. The van der Waals surface area contributed by atoms with Crippen LogP contribution in [0.4, 0.5) is 11.9 Å². The van der Waals surface area contributed by atoms with Crippen LogP contribution in [0, 0.1) is 5.92 Å². The summed E-state index contributed by atoms with van der Waals surface area (Å²) in [7, 11) is 0. The third kappa shape index (κ3) is 4.33. The van der Waals surface area contributed by atoms with Crippen molar-refractivity contribution in [3.8, 4) is 5.95 Å². The largest absolute Gasteiger partial charge is 0.396 e. The van der Waals surface area contributed by atoms with Gasteiger partial charge in [0.15, 0.2) is 0 Å². The van der Waals surface area contributed by atoms with Gasteiger partial charge in [0.25, 0.3) is 5.95 Å². The van der Waals surface area contributed by atoms with E-state index in [9.17, 15) is 0 Å². The average molecular weight is 293 g/mol. The maximum Gasteiger partial charge on any atom is 0.258 e. The molecule has 0 bridgehead atoms. The van der Waals surface area contributed by atoms with Crippen molar-refractivity contribution in [2.45, 2.75) is 19.8 Å². The van der Waals surface area contributed by atoms with Crippen LogP contribution in [-0.4, -0.2) is 48.0 Å². The van der Waals surface area contributed by atoms with Crippen LogP contribution in [0.1, 0.15) is 19.8 Å². The van der Waals surface area contributed by atoms with Gasteiger partial charge >= 0.3 is 0 Å². The van der Waals surface area contributed by atoms with E-state index in [0.717, 1.165) is 12.8 Å². The lowest BCUT2D eigenvalue weighted by molar-refractivity contribution is 0.229. The van der Waals surface area contributed by atoms with Crippen molar-refractivity contribution >= 4 is 11.9 Å². The van der Waals surface area contributed by atoms with Crippen molar-refractivity contribution in [1.29, 1.82) is 0 Å². The molecule has 0 fully saturated rings. The Hall–Kier alpha value is -2.33. The Bertz CT molecular complexity index is 545. The molecule has 114 valence electrons. The Kier molecular flexibility index (Phi) is 5.35. The summed E-state index contributed by atoms with van der Waals surface area (Å²) in [6, 6.07) is 0. The minimum atomic E-state index is 0.198. The quantitative estimate of drug-likeness (QED) is 0.289. The molecule has 2 aromatic rings. The van der Waals surface area contributed by atoms with Gasteiger partial charge in [-0.25, -0.2) is 10.8 Å². The van der Waals surface area contributed by atoms with Gasteiger partial charge < -0.3 is 10.4 Å². The first-order valence-electron chi connectivity index (χ1n) is 6.65. The summed E-state index contributed by atoms with van der Waals surface area (Å²) in [6.45, 7) is 2.89. The number of nitrogens with zero attached hydrogens (tertiary/aromatic N) is 6. The summed E-state index contributed by atoms with van der Waals surface area (Å²) in [5.74, 6) is 6.60. The number of hydrogen-bond acceptors (Lipinski definition) is 9. The molecule has 0 aromatic carbocycles. The monoisotopic (exact) mass is 293 g/mol. The Morgan fingerprint density at radius 2 is 2.14 bits per heavy atom. The van der Waals surface area contributed by atoms with Gasteiger partial charge in [0.2, 0.25) is 11.9 Å². The molecule has 0 saturated carbocycles. The smallest absolute Gasteiger partial charge is 0.258 e. The number of aliphatic hydroxyl groups excluding tert-OH is 1. The van der Waals surface area contributed by atoms with Crippen molar-refractivity contribution in [1.82, 2.24) is 29.7 Å². The Morgan fingerprint density at radius 3 is 2.81 bits per heavy atom. The highest BCUT2D eigenvalue weighted by Gasteiger charge is 2.08. The third-order valence-electron chi connectivity index (χ3n) is 2.84. The van der Waals surface area contributed by atoms with Crippen molar-refractivity contribution in [2.75, 3.05) is 23.9 Å². The summed E-state index contributed by atoms with van der Waals surface area (Å²) in [5.41, 5.74) is 2.39. The number of nitrogen functional groups attached to an aromatic ring is 1. The fourth-order valence-electron chi connectivity index (χ4n) is 1.66. The average Bonchev–Trinajstić information content (AvgIpc) is 3.05. The van der Waals surface area contributed by atoms with Gasteiger partial charge in [-0.1, -0.05) is 6.92 Å². The van der Waals surface area contributed by atoms with Crippen LogP contribution in [0.3, 0.4) is 0 Å². The number of aromatic nitrogens is 6. The number of rotatable bonds is 8. The van der Waals surface area contributed by atoms with Crippen LogP contribution >= 0.6 is 0 Å². The maximum absolute atomic E-state index is 8.97. The molecule has 2 heterocycles. The number of nitrogens with two attached hydrogens (primary N) is 1. The van der Waals surface area contributed by atoms with Crippen LogP contribution in [0.25, 0.3) is 5.95 Å². The predicted molar refractivity (Wildman–Crippen MR) is 76.5 cm³/mol. The molecular weight excluding hydrogens is 274 g/mol. The maximum atomic E-state index is 8.97. The molecule has 1 unspecified atom stereocenters. The zero-order valence-corrected chi connectivity index (χ0v) is 11.8. The topological polar surface area (TPSA) is 140 Å². The first-order valence-corrected chi connectivity index (χ1v) is 6.65. The van der Waals surface area contributed by atoms with Gasteiger partial charge in [-0.3, -0.25) is 5.43 Å². The van der Waals surface area contributed by atoms with E-state index >= 15 is 0 Å². The first-order chi connectivity index (χ1) is 10.2. The predicted octanol–water partition coefficient (Wildman–Crippen LogP) is -0.442.